The average Bonchev–Trinajstić information content (AvgIpc) is 2.63. The van der Waals surface area contributed by atoms with E-state index >= 15 is 0 Å². The van der Waals surface area contributed by atoms with Crippen LogP contribution in [0.5, 0.6) is 5.75 Å². The van der Waals surface area contributed by atoms with Crippen molar-refractivity contribution >= 4 is 67.8 Å². The molecule has 156 valence electrons. The highest BCUT2D eigenvalue weighted by Gasteiger charge is 2.07. The highest BCUT2D eigenvalue weighted by atomic mass is 127. The zero-order chi connectivity index (χ0) is 19.7. The van der Waals surface area contributed by atoms with Crippen molar-refractivity contribution < 1.29 is 4.74 Å². The number of ether oxygens (including phenoxy) is 1. The van der Waals surface area contributed by atoms with Crippen LogP contribution in [-0.2, 0) is 0 Å². The minimum absolute atomic E-state index is 0.852. The Bertz CT molecular complexity index is 468. The largest absolute Gasteiger partial charge is 0.491 e. The van der Waals surface area contributed by atoms with E-state index in [0.717, 1.165) is 12.4 Å². The summed E-state index contributed by atoms with van der Waals surface area (Å²) in [7, 11) is 0. The topological polar surface area (TPSA) is 9.23 Å². The SMILES string of the molecule is CCCCCCCCCCCCCCCCCOc1c(I)cc(I)cc1I. The monoisotopic (exact) mass is 710 g/mol. The Hall–Kier alpha value is 1.21. The van der Waals surface area contributed by atoms with E-state index in [1.807, 2.05) is 0 Å². The average molecular weight is 710 g/mol. The van der Waals surface area contributed by atoms with E-state index in [0.29, 0.717) is 0 Å². The van der Waals surface area contributed by atoms with Crippen LogP contribution in [0, 0.1) is 10.7 Å². The molecule has 1 aromatic carbocycles. The first kappa shape index (κ1) is 26.2. The van der Waals surface area contributed by atoms with Crippen molar-refractivity contribution in [3.8, 4) is 5.75 Å². The second-order valence-electron chi connectivity index (χ2n) is 7.50. The Labute approximate surface area is 209 Å². The second kappa shape index (κ2) is 18.0. The lowest BCUT2D eigenvalue weighted by molar-refractivity contribution is 0.300. The van der Waals surface area contributed by atoms with E-state index in [9.17, 15) is 0 Å². The Morgan fingerprint density at radius 2 is 0.963 bits per heavy atom. The maximum atomic E-state index is 6.02. The van der Waals surface area contributed by atoms with Gasteiger partial charge in [-0.2, -0.15) is 0 Å². The summed E-state index contributed by atoms with van der Waals surface area (Å²) in [5, 5.41) is 0. The molecule has 0 amide bonds. The molecule has 1 aromatic rings. The quantitative estimate of drug-likeness (QED) is 0.116. The lowest BCUT2D eigenvalue weighted by Gasteiger charge is -2.11. The molecule has 0 spiro atoms. The van der Waals surface area contributed by atoms with Crippen LogP contribution in [0.25, 0.3) is 0 Å². The van der Waals surface area contributed by atoms with Crippen LogP contribution in [0.3, 0.4) is 0 Å². The van der Waals surface area contributed by atoms with Gasteiger partial charge >= 0.3 is 0 Å². The van der Waals surface area contributed by atoms with Crippen molar-refractivity contribution in [2.24, 2.45) is 0 Å². The number of halogens is 3. The fourth-order valence-corrected chi connectivity index (χ4v) is 7.21. The molecular weight excluding hydrogens is 673 g/mol. The Morgan fingerprint density at radius 1 is 0.593 bits per heavy atom. The number of hydrogen-bond acceptors (Lipinski definition) is 1. The van der Waals surface area contributed by atoms with Gasteiger partial charge in [-0.15, -0.1) is 0 Å². The van der Waals surface area contributed by atoms with Crippen molar-refractivity contribution in [1.82, 2.24) is 0 Å². The first-order valence-corrected chi connectivity index (χ1v) is 14.2. The van der Waals surface area contributed by atoms with Crippen molar-refractivity contribution in [3.63, 3.8) is 0 Å². The first-order valence-electron chi connectivity index (χ1n) is 10.9. The molecule has 1 rings (SSSR count). The lowest BCUT2D eigenvalue weighted by atomic mass is 10.0. The Balaban J connectivity index is 1.86. The molecule has 0 atom stereocenters. The van der Waals surface area contributed by atoms with Crippen LogP contribution >= 0.6 is 67.8 Å². The van der Waals surface area contributed by atoms with E-state index in [2.05, 4.69) is 86.8 Å². The normalized spacial score (nSPS) is 11.1. The Morgan fingerprint density at radius 3 is 1.37 bits per heavy atom. The van der Waals surface area contributed by atoms with E-state index in [1.165, 1.54) is 107 Å². The molecule has 0 aliphatic carbocycles. The third-order valence-corrected chi connectivity index (χ3v) is 7.18. The van der Waals surface area contributed by atoms with Gasteiger partial charge in [0, 0.05) is 3.57 Å². The fraction of sp³-hybridized carbons (Fsp3) is 0.739. The van der Waals surface area contributed by atoms with Gasteiger partial charge in [-0.1, -0.05) is 96.8 Å². The van der Waals surface area contributed by atoms with Gasteiger partial charge in [0.2, 0.25) is 0 Å². The molecule has 0 unspecified atom stereocenters. The summed E-state index contributed by atoms with van der Waals surface area (Å²) in [6.07, 6.45) is 21.1. The minimum Gasteiger partial charge on any atom is -0.491 e. The number of rotatable bonds is 17. The molecule has 0 radical (unpaired) electrons. The number of hydrogen-bond donors (Lipinski definition) is 0. The minimum atomic E-state index is 0.852. The molecule has 0 saturated heterocycles. The van der Waals surface area contributed by atoms with Gasteiger partial charge in [-0.25, -0.2) is 0 Å². The standard InChI is InChI=1S/C23H37I3O/c1-2-3-4-5-6-7-8-9-10-11-12-13-14-15-16-17-27-23-21(25)18-20(24)19-22(23)26/h18-19H,2-17H2,1H3. The number of benzene rings is 1. The van der Waals surface area contributed by atoms with E-state index in [-0.39, 0.29) is 0 Å². The van der Waals surface area contributed by atoms with Gasteiger partial charge in [0.25, 0.3) is 0 Å². The van der Waals surface area contributed by atoms with Gasteiger partial charge in [0.1, 0.15) is 5.75 Å². The molecule has 0 fully saturated rings. The summed E-state index contributed by atoms with van der Waals surface area (Å²) in [4.78, 5) is 0. The van der Waals surface area contributed by atoms with Crippen molar-refractivity contribution in [2.75, 3.05) is 6.61 Å². The molecule has 0 aromatic heterocycles. The van der Waals surface area contributed by atoms with Crippen LogP contribution < -0.4 is 4.74 Å². The number of unbranched alkanes of at least 4 members (excludes halogenated alkanes) is 14. The predicted molar refractivity (Wildman–Crippen MR) is 145 cm³/mol. The predicted octanol–water partition coefficient (Wildman–Crippen LogP) is 9.75. The van der Waals surface area contributed by atoms with Gasteiger partial charge < -0.3 is 4.74 Å². The molecule has 1 nitrogen and oxygen atoms in total. The first-order chi connectivity index (χ1) is 13.1. The highest BCUT2D eigenvalue weighted by molar-refractivity contribution is 14.1. The van der Waals surface area contributed by atoms with Crippen LogP contribution in [-0.4, -0.2) is 6.61 Å². The maximum Gasteiger partial charge on any atom is 0.145 e. The molecular formula is C23H37I3O. The van der Waals surface area contributed by atoms with E-state index in [1.54, 1.807) is 0 Å². The molecule has 0 heterocycles. The molecule has 0 aliphatic rings. The van der Waals surface area contributed by atoms with Gasteiger partial charge in [0.15, 0.2) is 0 Å². The van der Waals surface area contributed by atoms with Crippen LogP contribution in [0.2, 0.25) is 0 Å². The molecule has 27 heavy (non-hydrogen) atoms. The summed E-state index contributed by atoms with van der Waals surface area (Å²) in [5.74, 6) is 1.07. The molecule has 0 aliphatic heterocycles. The summed E-state index contributed by atoms with van der Waals surface area (Å²) < 4.78 is 9.75. The highest BCUT2D eigenvalue weighted by Crippen LogP contribution is 2.29. The molecule has 0 saturated carbocycles. The summed E-state index contributed by atoms with van der Waals surface area (Å²) in [5.41, 5.74) is 0. The van der Waals surface area contributed by atoms with Crippen LogP contribution in [0.1, 0.15) is 103 Å². The summed E-state index contributed by atoms with van der Waals surface area (Å²) in [6.45, 7) is 3.14. The lowest BCUT2D eigenvalue weighted by Crippen LogP contribution is -2.01. The third kappa shape index (κ3) is 13.9. The van der Waals surface area contributed by atoms with E-state index in [4.69, 9.17) is 4.74 Å². The molecule has 0 bridgehead atoms. The van der Waals surface area contributed by atoms with Gasteiger partial charge in [-0.3, -0.25) is 0 Å². The maximum absolute atomic E-state index is 6.02. The van der Waals surface area contributed by atoms with Crippen molar-refractivity contribution in [2.45, 2.75) is 103 Å². The van der Waals surface area contributed by atoms with Crippen molar-refractivity contribution in [3.05, 3.63) is 22.8 Å². The van der Waals surface area contributed by atoms with Gasteiger partial charge in [0.05, 0.1) is 13.7 Å². The Kier molecular flexibility index (Phi) is 17.5. The zero-order valence-corrected chi connectivity index (χ0v) is 23.5. The molecule has 0 N–H and O–H groups in total. The smallest absolute Gasteiger partial charge is 0.145 e. The van der Waals surface area contributed by atoms with Crippen LogP contribution in [0.15, 0.2) is 12.1 Å². The zero-order valence-electron chi connectivity index (χ0n) is 17.0. The summed E-state index contributed by atoms with van der Waals surface area (Å²) in [6, 6.07) is 4.37. The van der Waals surface area contributed by atoms with Gasteiger partial charge in [-0.05, 0) is 86.3 Å². The second-order valence-corrected chi connectivity index (χ2v) is 11.1. The fourth-order valence-electron chi connectivity index (χ4n) is 3.31. The van der Waals surface area contributed by atoms with Crippen LogP contribution in [0.4, 0.5) is 0 Å². The third-order valence-electron chi connectivity index (χ3n) is 4.96. The summed E-state index contributed by atoms with van der Waals surface area (Å²) >= 11 is 7.12. The molecule has 4 heteroatoms. The van der Waals surface area contributed by atoms with E-state index < -0.39 is 0 Å². The van der Waals surface area contributed by atoms with Crippen molar-refractivity contribution in [1.29, 1.82) is 0 Å².